The standard InChI is InChI=1S/C19H19N7O5/c1-19(11-7-5-4-6-8-11)16(29)26(17(30)21-19)22-12(27)9-25-10-20-14-13(25)15(28)24(3)18(31)23(14)2/h4-8,10H,9H2,1-3H3,(H,21,30)(H,22,27)/t19-/m0/s1. The molecule has 0 saturated carbocycles. The van der Waals surface area contributed by atoms with Crippen molar-refractivity contribution in [2.75, 3.05) is 0 Å². The van der Waals surface area contributed by atoms with E-state index in [1.807, 2.05) is 0 Å². The molecule has 160 valence electrons. The zero-order valence-electron chi connectivity index (χ0n) is 16.9. The van der Waals surface area contributed by atoms with Crippen LogP contribution in [0.25, 0.3) is 11.2 Å². The second-order valence-electron chi connectivity index (χ2n) is 7.35. The highest BCUT2D eigenvalue weighted by atomic mass is 16.2. The number of urea groups is 1. The van der Waals surface area contributed by atoms with E-state index in [1.165, 1.54) is 29.6 Å². The van der Waals surface area contributed by atoms with Gasteiger partial charge in [-0.05, 0) is 12.5 Å². The van der Waals surface area contributed by atoms with E-state index in [9.17, 15) is 24.0 Å². The Morgan fingerprint density at radius 2 is 1.77 bits per heavy atom. The summed E-state index contributed by atoms with van der Waals surface area (Å²) in [5.41, 5.74) is 0.507. The monoisotopic (exact) mass is 425 g/mol. The molecule has 0 radical (unpaired) electrons. The van der Waals surface area contributed by atoms with Crippen molar-refractivity contribution >= 4 is 29.0 Å². The van der Waals surface area contributed by atoms with Crippen molar-refractivity contribution in [3.8, 4) is 0 Å². The summed E-state index contributed by atoms with van der Waals surface area (Å²) in [6.45, 7) is 1.14. The number of hydrogen-bond donors (Lipinski definition) is 2. The third-order valence-electron chi connectivity index (χ3n) is 5.31. The van der Waals surface area contributed by atoms with Crippen LogP contribution < -0.4 is 22.0 Å². The lowest BCUT2D eigenvalue weighted by molar-refractivity contribution is -0.139. The minimum absolute atomic E-state index is 0.0473. The number of carbonyl (C=O) groups is 3. The molecular weight excluding hydrogens is 406 g/mol. The molecule has 12 heteroatoms. The second kappa shape index (κ2) is 6.93. The maximum Gasteiger partial charge on any atom is 0.344 e. The summed E-state index contributed by atoms with van der Waals surface area (Å²) in [5.74, 6) is -1.37. The van der Waals surface area contributed by atoms with Crippen LogP contribution >= 0.6 is 0 Å². The third-order valence-corrected chi connectivity index (χ3v) is 5.31. The number of carbonyl (C=O) groups excluding carboxylic acids is 3. The van der Waals surface area contributed by atoms with E-state index >= 15 is 0 Å². The molecule has 3 heterocycles. The number of imidazole rings is 1. The van der Waals surface area contributed by atoms with Gasteiger partial charge in [-0.2, -0.15) is 5.01 Å². The van der Waals surface area contributed by atoms with Gasteiger partial charge in [0.2, 0.25) is 0 Å². The minimum atomic E-state index is -1.33. The lowest BCUT2D eigenvalue weighted by Crippen LogP contribution is -2.49. The molecule has 0 bridgehead atoms. The van der Waals surface area contributed by atoms with Gasteiger partial charge in [-0.1, -0.05) is 30.3 Å². The molecule has 0 spiro atoms. The normalized spacial score (nSPS) is 18.5. The molecule has 0 unspecified atom stereocenters. The van der Waals surface area contributed by atoms with Crippen molar-refractivity contribution in [1.82, 2.24) is 34.4 Å². The number of hydrogen-bond acceptors (Lipinski definition) is 6. The highest BCUT2D eigenvalue weighted by Crippen LogP contribution is 2.27. The number of imide groups is 1. The Morgan fingerprint density at radius 3 is 2.45 bits per heavy atom. The van der Waals surface area contributed by atoms with E-state index in [-0.39, 0.29) is 11.2 Å². The molecule has 1 aromatic carbocycles. The van der Waals surface area contributed by atoms with E-state index in [0.717, 1.165) is 4.57 Å². The van der Waals surface area contributed by atoms with Gasteiger partial charge in [0.05, 0.1) is 6.33 Å². The Hall–Kier alpha value is -4.22. The average molecular weight is 425 g/mol. The predicted octanol–water partition coefficient (Wildman–Crippen LogP) is -1.07. The highest BCUT2D eigenvalue weighted by Gasteiger charge is 2.49. The zero-order chi connectivity index (χ0) is 22.5. The van der Waals surface area contributed by atoms with E-state index in [4.69, 9.17) is 0 Å². The molecule has 1 aliphatic rings. The van der Waals surface area contributed by atoms with Crippen molar-refractivity contribution in [2.24, 2.45) is 14.1 Å². The molecule has 12 nitrogen and oxygen atoms in total. The number of rotatable bonds is 4. The first kappa shape index (κ1) is 20.1. The zero-order valence-corrected chi connectivity index (χ0v) is 16.9. The Kier molecular flexibility index (Phi) is 4.49. The fraction of sp³-hybridized carbons (Fsp3) is 0.263. The van der Waals surface area contributed by atoms with Crippen LogP contribution in [0.4, 0.5) is 4.79 Å². The number of nitrogens with zero attached hydrogens (tertiary/aromatic N) is 5. The van der Waals surface area contributed by atoms with Crippen LogP contribution in [0, 0.1) is 0 Å². The Morgan fingerprint density at radius 1 is 1.10 bits per heavy atom. The van der Waals surface area contributed by atoms with Gasteiger partial charge in [0.1, 0.15) is 12.1 Å². The van der Waals surface area contributed by atoms with Crippen molar-refractivity contribution in [1.29, 1.82) is 0 Å². The van der Waals surface area contributed by atoms with Crippen LogP contribution in [0.3, 0.4) is 0 Å². The number of nitrogens with one attached hydrogen (secondary N) is 2. The van der Waals surface area contributed by atoms with Gasteiger partial charge < -0.3 is 9.88 Å². The number of aromatic nitrogens is 4. The smallest absolute Gasteiger partial charge is 0.318 e. The first-order chi connectivity index (χ1) is 14.6. The molecule has 4 rings (SSSR count). The topological polar surface area (TPSA) is 140 Å². The van der Waals surface area contributed by atoms with Crippen LogP contribution in [-0.4, -0.2) is 41.5 Å². The average Bonchev–Trinajstić information content (AvgIpc) is 3.26. The van der Waals surface area contributed by atoms with Gasteiger partial charge in [0.15, 0.2) is 11.2 Å². The molecule has 1 fully saturated rings. The molecule has 1 saturated heterocycles. The van der Waals surface area contributed by atoms with Crippen molar-refractivity contribution in [2.45, 2.75) is 19.0 Å². The largest absolute Gasteiger partial charge is 0.344 e. The fourth-order valence-corrected chi connectivity index (χ4v) is 3.54. The Balaban J connectivity index is 1.59. The van der Waals surface area contributed by atoms with Crippen molar-refractivity contribution in [3.05, 3.63) is 63.1 Å². The van der Waals surface area contributed by atoms with Gasteiger partial charge in [0, 0.05) is 14.1 Å². The highest BCUT2D eigenvalue weighted by molar-refractivity contribution is 6.08. The van der Waals surface area contributed by atoms with Gasteiger partial charge in [-0.3, -0.25) is 28.9 Å². The predicted molar refractivity (Wildman–Crippen MR) is 108 cm³/mol. The van der Waals surface area contributed by atoms with Crippen LogP contribution in [0.1, 0.15) is 12.5 Å². The van der Waals surface area contributed by atoms with Crippen molar-refractivity contribution in [3.63, 3.8) is 0 Å². The molecule has 1 aliphatic heterocycles. The number of amides is 4. The first-order valence-corrected chi connectivity index (χ1v) is 9.27. The van der Waals surface area contributed by atoms with Gasteiger partial charge in [-0.25, -0.2) is 14.6 Å². The number of benzene rings is 1. The van der Waals surface area contributed by atoms with Crippen LogP contribution in [0.5, 0.6) is 0 Å². The van der Waals surface area contributed by atoms with Gasteiger partial charge in [0.25, 0.3) is 17.4 Å². The summed E-state index contributed by atoms with van der Waals surface area (Å²) in [7, 11) is 2.78. The maximum atomic E-state index is 12.9. The SMILES string of the molecule is Cn1c(=O)c2c(ncn2CC(=O)NN2C(=O)N[C@@](C)(c3ccccc3)C2=O)n(C)c1=O. The summed E-state index contributed by atoms with van der Waals surface area (Å²) in [6, 6.07) is 7.86. The number of hydrazine groups is 1. The molecule has 0 aliphatic carbocycles. The van der Waals surface area contributed by atoms with Crippen LogP contribution in [0.2, 0.25) is 0 Å². The fourth-order valence-electron chi connectivity index (χ4n) is 3.54. The van der Waals surface area contributed by atoms with Gasteiger partial charge in [-0.15, -0.1) is 0 Å². The molecule has 31 heavy (non-hydrogen) atoms. The quantitative estimate of drug-likeness (QED) is 0.510. The molecule has 2 aromatic heterocycles. The van der Waals surface area contributed by atoms with E-state index in [0.29, 0.717) is 10.6 Å². The first-order valence-electron chi connectivity index (χ1n) is 9.27. The van der Waals surface area contributed by atoms with E-state index in [1.54, 1.807) is 37.3 Å². The number of aryl methyl sites for hydroxylation is 1. The molecule has 2 N–H and O–H groups in total. The summed E-state index contributed by atoms with van der Waals surface area (Å²) in [5, 5.41) is 3.20. The molecule has 3 aromatic rings. The lowest BCUT2D eigenvalue weighted by atomic mass is 9.92. The molecule has 4 amide bonds. The summed E-state index contributed by atoms with van der Waals surface area (Å²) < 4.78 is 3.34. The maximum absolute atomic E-state index is 12.9. The van der Waals surface area contributed by atoms with Gasteiger partial charge >= 0.3 is 11.7 Å². The molecule has 1 atom stereocenters. The second-order valence-corrected chi connectivity index (χ2v) is 7.35. The summed E-state index contributed by atoms with van der Waals surface area (Å²) in [6.07, 6.45) is 1.24. The van der Waals surface area contributed by atoms with Crippen LogP contribution in [-0.2, 0) is 35.8 Å². The lowest BCUT2D eigenvalue weighted by Gasteiger charge is -2.22. The summed E-state index contributed by atoms with van der Waals surface area (Å²) >= 11 is 0. The van der Waals surface area contributed by atoms with E-state index in [2.05, 4.69) is 15.7 Å². The number of fused-ring (bicyclic) bond motifs is 1. The summed E-state index contributed by atoms with van der Waals surface area (Å²) in [4.78, 5) is 66.4. The van der Waals surface area contributed by atoms with E-state index < -0.39 is 41.2 Å². The molecular formula is C19H19N7O5. The Bertz CT molecular complexity index is 1350. The Labute approximate surface area is 174 Å². The minimum Gasteiger partial charge on any atom is -0.318 e. The van der Waals surface area contributed by atoms with Crippen LogP contribution in [0.15, 0.2) is 46.2 Å². The van der Waals surface area contributed by atoms with Crippen molar-refractivity contribution < 1.29 is 14.4 Å². The third kappa shape index (κ3) is 2.99.